The van der Waals surface area contributed by atoms with Crippen LogP contribution in [0.3, 0.4) is 0 Å². The topological polar surface area (TPSA) is 102 Å². The minimum atomic E-state index is -3.94. The van der Waals surface area contributed by atoms with E-state index in [4.69, 9.17) is 14.2 Å². The van der Waals surface area contributed by atoms with Gasteiger partial charge in [0.1, 0.15) is 17.2 Å². The predicted molar refractivity (Wildman–Crippen MR) is 103 cm³/mol. The molecule has 1 aromatic carbocycles. The van der Waals surface area contributed by atoms with Crippen molar-refractivity contribution in [1.82, 2.24) is 9.21 Å². The standard InChI is InChI=1S/C19H26N2O7S/c1-26-17(22)11-20-9-7-19(8-10-20)13-21(12-18(23)27-2)29(24,25)16-6-4-3-5-15(16)28-14-19/h3-6H,7-14H2,1-2H3. The minimum Gasteiger partial charge on any atom is -0.492 e. The average Bonchev–Trinajstić information content (AvgIpc) is 2.72. The number of esters is 2. The van der Waals surface area contributed by atoms with E-state index >= 15 is 0 Å². The van der Waals surface area contributed by atoms with Crippen LogP contribution in [-0.4, -0.2) is 83.1 Å². The second kappa shape index (κ2) is 8.68. The number of nitrogens with zero attached hydrogens (tertiary/aromatic N) is 2. The first-order chi connectivity index (χ1) is 13.8. The van der Waals surface area contributed by atoms with Crippen LogP contribution in [0.4, 0.5) is 0 Å². The molecule has 0 saturated carbocycles. The lowest BCUT2D eigenvalue weighted by atomic mass is 9.78. The van der Waals surface area contributed by atoms with Crippen LogP contribution in [-0.2, 0) is 29.1 Å². The maximum atomic E-state index is 13.3. The van der Waals surface area contributed by atoms with Gasteiger partial charge in [-0.15, -0.1) is 0 Å². The van der Waals surface area contributed by atoms with E-state index in [0.29, 0.717) is 32.5 Å². The first-order valence-electron chi connectivity index (χ1n) is 9.38. The van der Waals surface area contributed by atoms with Crippen molar-refractivity contribution >= 4 is 22.0 Å². The molecule has 9 nitrogen and oxygen atoms in total. The van der Waals surface area contributed by atoms with Crippen molar-refractivity contribution in [3.8, 4) is 5.75 Å². The van der Waals surface area contributed by atoms with E-state index in [0.717, 1.165) is 0 Å². The molecule has 0 unspecified atom stereocenters. The van der Waals surface area contributed by atoms with Gasteiger partial charge in [-0.25, -0.2) is 8.42 Å². The van der Waals surface area contributed by atoms with Crippen LogP contribution in [0.15, 0.2) is 29.2 Å². The number of carbonyl (C=O) groups is 2. The van der Waals surface area contributed by atoms with Crippen molar-refractivity contribution in [3.63, 3.8) is 0 Å². The number of ether oxygens (including phenoxy) is 3. The fourth-order valence-electron chi connectivity index (χ4n) is 3.74. The first kappa shape index (κ1) is 21.5. The largest absolute Gasteiger partial charge is 0.492 e. The Morgan fingerprint density at radius 1 is 1.07 bits per heavy atom. The highest BCUT2D eigenvalue weighted by Gasteiger charge is 2.43. The summed E-state index contributed by atoms with van der Waals surface area (Å²) >= 11 is 0. The van der Waals surface area contributed by atoms with Crippen molar-refractivity contribution in [2.24, 2.45) is 5.41 Å². The third kappa shape index (κ3) is 4.71. The Labute approximate surface area is 170 Å². The summed E-state index contributed by atoms with van der Waals surface area (Å²) < 4.78 is 43.1. The van der Waals surface area contributed by atoms with Gasteiger partial charge in [-0.3, -0.25) is 14.5 Å². The highest BCUT2D eigenvalue weighted by molar-refractivity contribution is 7.89. The number of benzene rings is 1. The van der Waals surface area contributed by atoms with Crippen molar-refractivity contribution in [2.75, 3.05) is 53.6 Å². The highest BCUT2D eigenvalue weighted by Crippen LogP contribution is 2.39. The molecule has 0 amide bonds. The Balaban J connectivity index is 1.88. The lowest BCUT2D eigenvalue weighted by Gasteiger charge is -2.44. The number of para-hydroxylation sites is 1. The third-order valence-electron chi connectivity index (χ3n) is 5.54. The normalized spacial score (nSPS) is 21.3. The quantitative estimate of drug-likeness (QED) is 0.642. The number of sulfonamides is 1. The van der Waals surface area contributed by atoms with Crippen molar-refractivity contribution < 1.29 is 32.2 Å². The fourth-order valence-corrected chi connectivity index (χ4v) is 5.37. The van der Waals surface area contributed by atoms with Crippen molar-refractivity contribution in [1.29, 1.82) is 0 Å². The number of methoxy groups -OCH3 is 2. The van der Waals surface area contributed by atoms with Gasteiger partial charge in [0.2, 0.25) is 10.0 Å². The Morgan fingerprint density at radius 3 is 2.34 bits per heavy atom. The van der Waals surface area contributed by atoms with Gasteiger partial charge in [0.25, 0.3) is 0 Å². The van der Waals surface area contributed by atoms with Gasteiger partial charge < -0.3 is 14.2 Å². The predicted octanol–water partition coefficient (Wildman–Crippen LogP) is 0.498. The number of likely N-dealkylation sites (tertiary alicyclic amines) is 1. The molecule has 0 aliphatic carbocycles. The Kier molecular flexibility index (Phi) is 6.45. The van der Waals surface area contributed by atoms with Crippen LogP contribution in [0.25, 0.3) is 0 Å². The molecule has 1 fully saturated rings. The van der Waals surface area contributed by atoms with Gasteiger partial charge in [0, 0.05) is 12.0 Å². The summed E-state index contributed by atoms with van der Waals surface area (Å²) in [7, 11) is -1.36. The lowest BCUT2D eigenvalue weighted by Crippen LogP contribution is -2.53. The molecule has 3 rings (SSSR count). The van der Waals surface area contributed by atoms with Gasteiger partial charge in [0.05, 0.1) is 27.4 Å². The molecule has 0 bridgehead atoms. The Morgan fingerprint density at radius 2 is 1.69 bits per heavy atom. The van der Waals surface area contributed by atoms with E-state index in [-0.39, 0.29) is 36.2 Å². The van der Waals surface area contributed by atoms with Crippen LogP contribution >= 0.6 is 0 Å². The van der Waals surface area contributed by atoms with Crippen molar-refractivity contribution in [2.45, 2.75) is 17.7 Å². The highest BCUT2D eigenvalue weighted by atomic mass is 32.2. The smallest absolute Gasteiger partial charge is 0.321 e. The number of rotatable bonds is 4. The molecule has 2 aliphatic rings. The zero-order valence-corrected chi connectivity index (χ0v) is 17.4. The van der Waals surface area contributed by atoms with Crippen molar-refractivity contribution in [3.05, 3.63) is 24.3 Å². The molecular formula is C19H26N2O7S. The summed E-state index contributed by atoms with van der Waals surface area (Å²) in [4.78, 5) is 25.5. The molecule has 2 aliphatic heterocycles. The second-order valence-corrected chi connectivity index (χ2v) is 9.34. The van der Waals surface area contributed by atoms with Crippen LogP contribution in [0.2, 0.25) is 0 Å². The first-order valence-corrected chi connectivity index (χ1v) is 10.8. The minimum absolute atomic E-state index is 0.0434. The maximum Gasteiger partial charge on any atom is 0.321 e. The third-order valence-corrected chi connectivity index (χ3v) is 7.37. The van der Waals surface area contributed by atoms with Crippen LogP contribution in [0.5, 0.6) is 5.75 Å². The zero-order valence-electron chi connectivity index (χ0n) is 16.6. The number of fused-ring (bicyclic) bond motifs is 1. The van der Waals surface area contributed by atoms with Gasteiger partial charge in [-0.05, 0) is 38.1 Å². The fraction of sp³-hybridized carbons (Fsp3) is 0.579. The second-order valence-electron chi connectivity index (χ2n) is 7.44. The van der Waals surface area contributed by atoms with Gasteiger partial charge in [-0.1, -0.05) is 12.1 Å². The molecule has 0 radical (unpaired) electrons. The van der Waals surface area contributed by atoms with Gasteiger partial charge in [-0.2, -0.15) is 4.31 Å². The Hall–Kier alpha value is -2.17. The van der Waals surface area contributed by atoms with Gasteiger partial charge in [0.15, 0.2) is 0 Å². The summed E-state index contributed by atoms with van der Waals surface area (Å²) in [5.74, 6) is -0.650. The summed E-state index contributed by atoms with van der Waals surface area (Å²) in [6.45, 7) is 1.51. The van der Waals surface area contributed by atoms with E-state index in [1.54, 1.807) is 18.2 Å². The van der Waals surface area contributed by atoms with Crippen LogP contribution < -0.4 is 4.74 Å². The van der Waals surface area contributed by atoms with E-state index in [2.05, 4.69) is 0 Å². The average molecular weight is 426 g/mol. The summed E-state index contributed by atoms with van der Waals surface area (Å²) in [6, 6.07) is 6.44. The van der Waals surface area contributed by atoms with E-state index in [1.165, 1.54) is 24.6 Å². The molecule has 29 heavy (non-hydrogen) atoms. The molecule has 0 atom stereocenters. The molecule has 10 heteroatoms. The number of carbonyl (C=O) groups excluding carboxylic acids is 2. The van der Waals surface area contributed by atoms with E-state index in [1.807, 2.05) is 4.90 Å². The summed E-state index contributed by atoms with van der Waals surface area (Å²) in [5.41, 5.74) is -0.471. The lowest BCUT2D eigenvalue weighted by molar-refractivity contribution is -0.143. The molecule has 0 aromatic heterocycles. The Bertz CT molecular complexity index is 863. The zero-order chi connectivity index (χ0) is 21.1. The molecule has 2 heterocycles. The molecule has 0 N–H and O–H groups in total. The molecular weight excluding hydrogens is 400 g/mol. The van der Waals surface area contributed by atoms with E-state index < -0.39 is 21.4 Å². The van der Waals surface area contributed by atoms with E-state index in [9.17, 15) is 18.0 Å². The van der Waals surface area contributed by atoms with Crippen LogP contribution in [0, 0.1) is 5.41 Å². The monoisotopic (exact) mass is 426 g/mol. The number of hydrogen-bond acceptors (Lipinski definition) is 8. The number of piperidine rings is 1. The molecule has 1 aromatic rings. The SMILES string of the molecule is COC(=O)CN1CCC2(CC1)COc1ccccc1S(=O)(=O)N(CC(=O)OC)C2. The maximum absolute atomic E-state index is 13.3. The summed E-state index contributed by atoms with van der Waals surface area (Å²) in [6.07, 6.45) is 1.25. The molecule has 1 spiro atoms. The van der Waals surface area contributed by atoms with Gasteiger partial charge >= 0.3 is 11.9 Å². The number of hydrogen-bond donors (Lipinski definition) is 0. The molecule has 160 valence electrons. The summed E-state index contributed by atoms with van der Waals surface area (Å²) in [5, 5.41) is 0. The van der Waals surface area contributed by atoms with Crippen LogP contribution in [0.1, 0.15) is 12.8 Å². The molecule has 1 saturated heterocycles.